The van der Waals surface area contributed by atoms with Crippen molar-refractivity contribution in [3.63, 3.8) is 0 Å². The van der Waals surface area contributed by atoms with E-state index in [1.807, 2.05) is 24.3 Å². The predicted molar refractivity (Wildman–Crippen MR) is 101 cm³/mol. The highest BCUT2D eigenvalue weighted by molar-refractivity contribution is 7.89. The van der Waals surface area contributed by atoms with E-state index in [0.29, 0.717) is 13.0 Å². The first kappa shape index (κ1) is 19.3. The summed E-state index contributed by atoms with van der Waals surface area (Å²) in [4.78, 5) is 12.3. The van der Waals surface area contributed by atoms with E-state index < -0.39 is 21.9 Å². The summed E-state index contributed by atoms with van der Waals surface area (Å²) in [6, 6.07) is 11.7. The largest absolute Gasteiger partial charge is 0.353 e. The van der Waals surface area contributed by atoms with Gasteiger partial charge in [-0.2, -0.15) is 4.31 Å². The number of sulfonamides is 1. The maximum Gasteiger partial charge on any atom is 0.243 e. The van der Waals surface area contributed by atoms with E-state index >= 15 is 0 Å². The standard InChI is InChI=1S/C20H21FN2O3S/c1-2-12-22-20(24)14-19-18-6-4-3-5-15(18)11-13-23(19)27(25,26)17-9-7-16(21)8-10-17/h2-10,19H,1,11-14H2,(H,22,24)/t19-/m0/s1. The number of carbonyl (C=O) groups is 1. The fourth-order valence-electron chi connectivity index (χ4n) is 3.30. The highest BCUT2D eigenvalue weighted by Gasteiger charge is 2.37. The molecule has 0 fully saturated rings. The van der Waals surface area contributed by atoms with Crippen LogP contribution in [0.15, 0.2) is 66.1 Å². The normalized spacial score (nSPS) is 17.1. The smallest absolute Gasteiger partial charge is 0.243 e. The van der Waals surface area contributed by atoms with Crippen LogP contribution in [-0.4, -0.2) is 31.7 Å². The van der Waals surface area contributed by atoms with Crippen LogP contribution in [0.3, 0.4) is 0 Å². The Morgan fingerprint density at radius 1 is 1.22 bits per heavy atom. The zero-order valence-electron chi connectivity index (χ0n) is 14.8. The molecule has 0 aromatic heterocycles. The maximum atomic E-state index is 13.2. The second kappa shape index (κ2) is 8.02. The number of benzene rings is 2. The Balaban J connectivity index is 1.98. The van der Waals surface area contributed by atoms with Crippen molar-refractivity contribution in [2.45, 2.75) is 23.8 Å². The van der Waals surface area contributed by atoms with E-state index in [2.05, 4.69) is 11.9 Å². The van der Waals surface area contributed by atoms with Crippen LogP contribution in [0, 0.1) is 5.82 Å². The van der Waals surface area contributed by atoms with E-state index in [0.717, 1.165) is 23.3 Å². The molecule has 0 unspecified atom stereocenters. The molecule has 0 bridgehead atoms. The average Bonchev–Trinajstić information content (AvgIpc) is 2.66. The van der Waals surface area contributed by atoms with Gasteiger partial charge in [0.25, 0.3) is 0 Å². The summed E-state index contributed by atoms with van der Waals surface area (Å²) in [6.07, 6.45) is 2.13. The second-order valence-corrected chi connectivity index (χ2v) is 8.22. The molecule has 0 saturated carbocycles. The summed E-state index contributed by atoms with van der Waals surface area (Å²) >= 11 is 0. The number of carbonyl (C=O) groups excluding carboxylic acids is 1. The highest BCUT2D eigenvalue weighted by atomic mass is 32.2. The monoisotopic (exact) mass is 388 g/mol. The number of hydrogen-bond acceptors (Lipinski definition) is 3. The lowest BCUT2D eigenvalue weighted by atomic mass is 9.92. The summed E-state index contributed by atoms with van der Waals surface area (Å²) in [5, 5.41) is 2.70. The van der Waals surface area contributed by atoms with Crippen LogP contribution in [0.1, 0.15) is 23.6 Å². The van der Waals surface area contributed by atoms with Gasteiger partial charge in [0, 0.05) is 19.5 Å². The molecule has 2 aromatic rings. The average molecular weight is 388 g/mol. The van der Waals surface area contributed by atoms with Crippen molar-refractivity contribution >= 4 is 15.9 Å². The molecule has 1 heterocycles. The Morgan fingerprint density at radius 3 is 2.63 bits per heavy atom. The minimum absolute atomic E-state index is 0.00524. The summed E-state index contributed by atoms with van der Waals surface area (Å²) in [5.74, 6) is -0.755. The molecule has 0 spiro atoms. The number of rotatable bonds is 6. The predicted octanol–water partition coefficient (Wildman–Crippen LogP) is 2.81. The minimum Gasteiger partial charge on any atom is -0.353 e. The Kier molecular flexibility index (Phi) is 5.72. The molecule has 27 heavy (non-hydrogen) atoms. The second-order valence-electron chi connectivity index (χ2n) is 6.33. The van der Waals surface area contributed by atoms with E-state index in [1.54, 1.807) is 6.08 Å². The van der Waals surface area contributed by atoms with Gasteiger partial charge in [0.2, 0.25) is 15.9 Å². The third-order valence-corrected chi connectivity index (χ3v) is 6.53. The fourth-order valence-corrected chi connectivity index (χ4v) is 4.91. The van der Waals surface area contributed by atoms with E-state index in [-0.39, 0.29) is 23.8 Å². The zero-order chi connectivity index (χ0) is 19.4. The molecule has 142 valence electrons. The molecule has 1 aliphatic heterocycles. The first-order valence-electron chi connectivity index (χ1n) is 8.66. The van der Waals surface area contributed by atoms with Gasteiger partial charge in [-0.25, -0.2) is 12.8 Å². The zero-order valence-corrected chi connectivity index (χ0v) is 15.6. The van der Waals surface area contributed by atoms with E-state index in [9.17, 15) is 17.6 Å². The Morgan fingerprint density at radius 2 is 1.93 bits per heavy atom. The quantitative estimate of drug-likeness (QED) is 0.774. The summed E-state index contributed by atoms with van der Waals surface area (Å²) in [7, 11) is -3.87. The lowest BCUT2D eigenvalue weighted by Crippen LogP contribution is -2.42. The van der Waals surface area contributed by atoms with Crippen LogP contribution in [0.4, 0.5) is 4.39 Å². The van der Waals surface area contributed by atoms with Gasteiger partial charge in [-0.1, -0.05) is 30.3 Å². The van der Waals surface area contributed by atoms with Gasteiger partial charge in [-0.05, 0) is 41.8 Å². The Hall–Kier alpha value is -2.51. The van der Waals surface area contributed by atoms with Crippen molar-refractivity contribution in [2.24, 2.45) is 0 Å². The molecule has 5 nitrogen and oxygen atoms in total. The van der Waals surface area contributed by atoms with Crippen molar-refractivity contribution in [1.29, 1.82) is 0 Å². The van der Waals surface area contributed by atoms with Crippen LogP contribution >= 0.6 is 0 Å². The molecule has 1 amide bonds. The fraction of sp³-hybridized carbons (Fsp3) is 0.250. The highest BCUT2D eigenvalue weighted by Crippen LogP contribution is 2.36. The Labute approximate surface area is 158 Å². The third-order valence-electron chi connectivity index (χ3n) is 4.61. The molecule has 1 N–H and O–H groups in total. The molecule has 2 aromatic carbocycles. The van der Waals surface area contributed by atoms with Crippen molar-refractivity contribution in [2.75, 3.05) is 13.1 Å². The summed E-state index contributed by atoms with van der Waals surface area (Å²) < 4.78 is 40.9. The number of nitrogens with zero attached hydrogens (tertiary/aromatic N) is 1. The molecular weight excluding hydrogens is 367 g/mol. The van der Waals surface area contributed by atoms with Crippen LogP contribution in [0.25, 0.3) is 0 Å². The first-order valence-corrected chi connectivity index (χ1v) is 10.1. The Bertz CT molecular complexity index is 942. The molecular formula is C20H21FN2O3S. The minimum atomic E-state index is -3.87. The van der Waals surface area contributed by atoms with Crippen LogP contribution in [0.5, 0.6) is 0 Å². The SMILES string of the molecule is C=CCNC(=O)C[C@H]1c2ccccc2CCN1S(=O)(=O)c1ccc(F)cc1. The van der Waals surface area contributed by atoms with Crippen LogP contribution < -0.4 is 5.32 Å². The number of amides is 1. The first-order chi connectivity index (χ1) is 12.9. The van der Waals surface area contributed by atoms with Crippen molar-refractivity contribution in [3.8, 4) is 0 Å². The number of fused-ring (bicyclic) bond motifs is 1. The molecule has 0 aliphatic carbocycles. The number of halogens is 1. The molecule has 0 saturated heterocycles. The van der Waals surface area contributed by atoms with Gasteiger partial charge in [0.1, 0.15) is 5.82 Å². The van der Waals surface area contributed by atoms with Gasteiger partial charge in [0.05, 0.1) is 10.9 Å². The lowest BCUT2D eigenvalue weighted by Gasteiger charge is -2.36. The lowest BCUT2D eigenvalue weighted by molar-refractivity contribution is -0.121. The summed E-state index contributed by atoms with van der Waals surface area (Å²) in [6.45, 7) is 4.14. The van der Waals surface area contributed by atoms with Crippen molar-refractivity contribution < 1.29 is 17.6 Å². The van der Waals surface area contributed by atoms with Gasteiger partial charge < -0.3 is 5.32 Å². The molecule has 0 radical (unpaired) electrons. The third kappa shape index (κ3) is 4.09. The maximum absolute atomic E-state index is 13.2. The van der Waals surface area contributed by atoms with Crippen LogP contribution in [0.2, 0.25) is 0 Å². The topological polar surface area (TPSA) is 66.5 Å². The van der Waals surface area contributed by atoms with E-state index in [1.165, 1.54) is 16.4 Å². The van der Waals surface area contributed by atoms with Gasteiger partial charge in [-0.3, -0.25) is 4.79 Å². The number of hydrogen-bond donors (Lipinski definition) is 1. The van der Waals surface area contributed by atoms with Gasteiger partial charge >= 0.3 is 0 Å². The van der Waals surface area contributed by atoms with E-state index in [4.69, 9.17) is 0 Å². The molecule has 1 atom stereocenters. The van der Waals surface area contributed by atoms with Gasteiger partial charge in [-0.15, -0.1) is 6.58 Å². The molecule has 7 heteroatoms. The van der Waals surface area contributed by atoms with Crippen molar-refractivity contribution in [3.05, 3.63) is 78.1 Å². The van der Waals surface area contributed by atoms with Crippen molar-refractivity contribution in [1.82, 2.24) is 9.62 Å². The van der Waals surface area contributed by atoms with Crippen LogP contribution in [-0.2, 0) is 21.2 Å². The molecule has 3 rings (SSSR count). The number of nitrogens with one attached hydrogen (secondary N) is 1. The van der Waals surface area contributed by atoms with Gasteiger partial charge in [0.15, 0.2) is 0 Å². The summed E-state index contributed by atoms with van der Waals surface area (Å²) in [5.41, 5.74) is 1.85. The molecule has 1 aliphatic rings.